The standard InChI is InChI=1S/C14H20BrClN2/c1-2-18-7-3-4-11(9-17)14(18)10-5-6-12(15)13(16)8-10/h5-6,8,11,14H,2-4,7,9,17H2,1H3. The molecule has 2 rings (SSSR count). The second-order valence-electron chi connectivity index (χ2n) is 4.88. The molecule has 1 aromatic carbocycles. The first-order chi connectivity index (χ1) is 8.67. The summed E-state index contributed by atoms with van der Waals surface area (Å²) in [5.74, 6) is 0.538. The van der Waals surface area contributed by atoms with Gasteiger partial charge in [-0.3, -0.25) is 4.90 Å². The summed E-state index contributed by atoms with van der Waals surface area (Å²) in [6, 6.07) is 6.69. The van der Waals surface area contributed by atoms with Gasteiger partial charge < -0.3 is 5.73 Å². The van der Waals surface area contributed by atoms with Crippen molar-refractivity contribution < 1.29 is 0 Å². The second kappa shape index (κ2) is 6.38. The summed E-state index contributed by atoms with van der Waals surface area (Å²) in [5.41, 5.74) is 7.24. The van der Waals surface area contributed by atoms with Gasteiger partial charge in [-0.05, 0) is 72.0 Å². The van der Waals surface area contributed by atoms with E-state index in [1.807, 2.05) is 6.07 Å². The Morgan fingerprint density at radius 3 is 2.89 bits per heavy atom. The normalized spacial score (nSPS) is 25.3. The molecule has 2 atom stereocenters. The van der Waals surface area contributed by atoms with E-state index in [4.69, 9.17) is 17.3 Å². The third-order valence-corrected chi connectivity index (χ3v) is 5.09. The van der Waals surface area contributed by atoms with Crippen molar-refractivity contribution in [1.82, 2.24) is 4.90 Å². The van der Waals surface area contributed by atoms with Crippen molar-refractivity contribution in [2.45, 2.75) is 25.8 Å². The maximum Gasteiger partial charge on any atom is 0.0551 e. The van der Waals surface area contributed by atoms with E-state index in [0.29, 0.717) is 12.0 Å². The van der Waals surface area contributed by atoms with Gasteiger partial charge in [0.15, 0.2) is 0 Å². The van der Waals surface area contributed by atoms with Crippen molar-refractivity contribution in [3.05, 3.63) is 33.3 Å². The van der Waals surface area contributed by atoms with E-state index in [1.54, 1.807) is 0 Å². The van der Waals surface area contributed by atoms with Crippen LogP contribution in [0.3, 0.4) is 0 Å². The van der Waals surface area contributed by atoms with Crippen LogP contribution in [0.25, 0.3) is 0 Å². The van der Waals surface area contributed by atoms with Crippen LogP contribution in [0.1, 0.15) is 31.4 Å². The molecule has 2 N–H and O–H groups in total. The van der Waals surface area contributed by atoms with Crippen molar-refractivity contribution in [2.24, 2.45) is 11.7 Å². The first-order valence-corrected chi connectivity index (χ1v) is 7.73. The van der Waals surface area contributed by atoms with Gasteiger partial charge in [0, 0.05) is 10.5 Å². The van der Waals surface area contributed by atoms with Crippen LogP contribution in [0, 0.1) is 5.92 Å². The predicted octanol–water partition coefficient (Wildman–Crippen LogP) is 3.83. The number of halogens is 2. The third kappa shape index (κ3) is 2.90. The van der Waals surface area contributed by atoms with Crippen molar-refractivity contribution >= 4 is 27.5 Å². The van der Waals surface area contributed by atoms with E-state index in [-0.39, 0.29) is 0 Å². The molecule has 0 saturated carbocycles. The van der Waals surface area contributed by atoms with Gasteiger partial charge in [0.2, 0.25) is 0 Å². The predicted molar refractivity (Wildman–Crippen MR) is 80.9 cm³/mol. The summed E-state index contributed by atoms with van der Waals surface area (Å²) >= 11 is 9.67. The van der Waals surface area contributed by atoms with Crippen LogP contribution in [-0.2, 0) is 0 Å². The highest BCUT2D eigenvalue weighted by Gasteiger charge is 2.30. The van der Waals surface area contributed by atoms with E-state index in [2.05, 4.69) is 39.9 Å². The Morgan fingerprint density at radius 2 is 2.28 bits per heavy atom. The minimum Gasteiger partial charge on any atom is -0.330 e. The molecule has 100 valence electrons. The van der Waals surface area contributed by atoms with Crippen molar-refractivity contribution in [3.63, 3.8) is 0 Å². The van der Waals surface area contributed by atoms with Crippen LogP contribution in [0.15, 0.2) is 22.7 Å². The summed E-state index contributed by atoms with van der Waals surface area (Å²) in [7, 11) is 0. The van der Waals surface area contributed by atoms with Crippen molar-refractivity contribution in [1.29, 1.82) is 0 Å². The van der Waals surface area contributed by atoms with E-state index in [1.165, 1.54) is 18.4 Å². The number of nitrogens with zero attached hydrogens (tertiary/aromatic N) is 1. The zero-order valence-electron chi connectivity index (χ0n) is 10.7. The maximum absolute atomic E-state index is 6.22. The molecule has 0 radical (unpaired) electrons. The number of hydrogen-bond acceptors (Lipinski definition) is 2. The topological polar surface area (TPSA) is 29.3 Å². The lowest BCUT2D eigenvalue weighted by Gasteiger charge is -2.41. The molecule has 0 aromatic heterocycles. The van der Waals surface area contributed by atoms with Gasteiger partial charge in [-0.15, -0.1) is 0 Å². The maximum atomic E-state index is 6.22. The van der Waals surface area contributed by atoms with Gasteiger partial charge in [-0.1, -0.05) is 24.6 Å². The first kappa shape index (κ1) is 14.3. The molecular formula is C14H20BrClN2. The molecule has 2 nitrogen and oxygen atoms in total. The number of hydrogen-bond donors (Lipinski definition) is 1. The van der Waals surface area contributed by atoms with Crippen LogP contribution >= 0.6 is 27.5 Å². The number of nitrogens with two attached hydrogens (primary N) is 1. The number of piperidine rings is 1. The van der Waals surface area contributed by atoms with Crippen molar-refractivity contribution in [3.8, 4) is 0 Å². The average Bonchev–Trinajstić information content (AvgIpc) is 2.41. The minimum absolute atomic E-state index is 0.416. The fourth-order valence-electron chi connectivity index (χ4n) is 2.93. The molecule has 1 heterocycles. The molecule has 1 saturated heterocycles. The molecule has 1 aliphatic heterocycles. The zero-order valence-corrected chi connectivity index (χ0v) is 13.0. The smallest absolute Gasteiger partial charge is 0.0551 e. The van der Waals surface area contributed by atoms with E-state index < -0.39 is 0 Å². The summed E-state index contributed by atoms with van der Waals surface area (Å²) in [4.78, 5) is 2.51. The van der Waals surface area contributed by atoms with Crippen LogP contribution in [0.2, 0.25) is 5.02 Å². The SMILES string of the molecule is CCN1CCCC(CN)C1c1ccc(Br)c(Cl)c1. The molecule has 2 unspecified atom stereocenters. The Balaban J connectivity index is 2.32. The molecule has 4 heteroatoms. The van der Waals surface area contributed by atoms with E-state index >= 15 is 0 Å². The Bertz CT molecular complexity index is 399. The highest BCUT2D eigenvalue weighted by Crippen LogP contribution is 2.37. The summed E-state index contributed by atoms with van der Waals surface area (Å²) in [6.45, 7) is 5.18. The Labute approximate surface area is 123 Å². The average molecular weight is 332 g/mol. The van der Waals surface area contributed by atoms with E-state index in [0.717, 1.165) is 29.1 Å². The first-order valence-electron chi connectivity index (χ1n) is 6.56. The highest BCUT2D eigenvalue weighted by molar-refractivity contribution is 9.10. The third-order valence-electron chi connectivity index (χ3n) is 3.85. The number of likely N-dealkylation sites (tertiary alicyclic amines) is 1. The van der Waals surface area contributed by atoms with Gasteiger partial charge in [0.05, 0.1) is 5.02 Å². The van der Waals surface area contributed by atoms with Gasteiger partial charge in [0.25, 0.3) is 0 Å². The zero-order chi connectivity index (χ0) is 13.1. The molecule has 18 heavy (non-hydrogen) atoms. The van der Waals surface area contributed by atoms with Crippen molar-refractivity contribution in [2.75, 3.05) is 19.6 Å². The minimum atomic E-state index is 0.416. The largest absolute Gasteiger partial charge is 0.330 e. The number of benzene rings is 1. The van der Waals surface area contributed by atoms with Gasteiger partial charge in [-0.2, -0.15) is 0 Å². The molecule has 0 amide bonds. The summed E-state index contributed by atoms with van der Waals surface area (Å²) in [6.07, 6.45) is 2.46. The summed E-state index contributed by atoms with van der Waals surface area (Å²) in [5, 5.41) is 0.782. The van der Waals surface area contributed by atoms with E-state index in [9.17, 15) is 0 Å². The Hall–Kier alpha value is -0.0900. The van der Waals surface area contributed by atoms with Gasteiger partial charge in [0.1, 0.15) is 0 Å². The second-order valence-corrected chi connectivity index (χ2v) is 6.15. The molecule has 1 fully saturated rings. The quantitative estimate of drug-likeness (QED) is 0.912. The Kier molecular flexibility index (Phi) is 5.07. The molecule has 0 spiro atoms. The highest BCUT2D eigenvalue weighted by atomic mass is 79.9. The fraction of sp³-hybridized carbons (Fsp3) is 0.571. The Morgan fingerprint density at radius 1 is 1.50 bits per heavy atom. The lowest BCUT2D eigenvalue weighted by Crippen LogP contribution is -2.41. The van der Waals surface area contributed by atoms with Crippen LogP contribution in [0.4, 0.5) is 0 Å². The molecule has 1 aliphatic rings. The lowest BCUT2D eigenvalue weighted by molar-refractivity contribution is 0.102. The summed E-state index contributed by atoms with van der Waals surface area (Å²) < 4.78 is 0.955. The molecule has 0 aliphatic carbocycles. The van der Waals surface area contributed by atoms with Crippen LogP contribution in [0.5, 0.6) is 0 Å². The van der Waals surface area contributed by atoms with Gasteiger partial charge >= 0.3 is 0 Å². The monoisotopic (exact) mass is 330 g/mol. The van der Waals surface area contributed by atoms with Crippen LogP contribution < -0.4 is 5.73 Å². The van der Waals surface area contributed by atoms with Crippen LogP contribution in [-0.4, -0.2) is 24.5 Å². The molecule has 1 aromatic rings. The molecule has 0 bridgehead atoms. The molecular weight excluding hydrogens is 312 g/mol. The lowest BCUT2D eigenvalue weighted by atomic mass is 9.84. The number of rotatable bonds is 3. The van der Waals surface area contributed by atoms with Gasteiger partial charge in [-0.25, -0.2) is 0 Å². The fourth-order valence-corrected chi connectivity index (χ4v) is 3.37.